The Kier molecular flexibility index (Phi) is 4.96. The molecule has 0 spiro atoms. The number of nitrogens with two attached hydrogens (primary N) is 1. The summed E-state index contributed by atoms with van der Waals surface area (Å²) in [5, 5.41) is 7.29. The van der Waals surface area contributed by atoms with Crippen LogP contribution in [0.25, 0.3) is 0 Å². The molecular weight excluding hydrogens is 318 g/mol. The van der Waals surface area contributed by atoms with Crippen LogP contribution in [0.4, 0.5) is 5.95 Å². The SMILES string of the molecule is CCn1ncnc1C(NC(=O)c1cc(CC(C)C)nc(N)n1)C1CC1. The molecule has 0 aliphatic heterocycles. The minimum atomic E-state index is -0.248. The fourth-order valence-corrected chi connectivity index (χ4v) is 2.95. The van der Waals surface area contributed by atoms with E-state index < -0.39 is 0 Å². The van der Waals surface area contributed by atoms with Gasteiger partial charge in [-0.25, -0.2) is 19.6 Å². The van der Waals surface area contributed by atoms with Crippen molar-refractivity contribution in [2.24, 2.45) is 11.8 Å². The Morgan fingerprint density at radius 1 is 1.40 bits per heavy atom. The van der Waals surface area contributed by atoms with Gasteiger partial charge >= 0.3 is 0 Å². The lowest BCUT2D eigenvalue weighted by molar-refractivity contribution is 0.0923. The van der Waals surface area contributed by atoms with Gasteiger partial charge in [0.05, 0.1) is 6.04 Å². The number of amides is 1. The average molecular weight is 343 g/mol. The predicted octanol–water partition coefficient (Wildman–Crippen LogP) is 1.75. The number of hydrogen-bond acceptors (Lipinski definition) is 6. The predicted molar refractivity (Wildman–Crippen MR) is 93.6 cm³/mol. The van der Waals surface area contributed by atoms with Gasteiger partial charge in [0.15, 0.2) is 0 Å². The number of aromatic nitrogens is 5. The van der Waals surface area contributed by atoms with Crippen LogP contribution in [0.1, 0.15) is 61.7 Å². The zero-order valence-corrected chi connectivity index (χ0v) is 14.9. The third kappa shape index (κ3) is 4.12. The van der Waals surface area contributed by atoms with Gasteiger partial charge in [-0.1, -0.05) is 13.8 Å². The Balaban J connectivity index is 1.81. The lowest BCUT2D eigenvalue weighted by Crippen LogP contribution is -2.33. The topological polar surface area (TPSA) is 112 Å². The molecule has 0 aromatic carbocycles. The van der Waals surface area contributed by atoms with E-state index in [0.29, 0.717) is 24.1 Å². The van der Waals surface area contributed by atoms with Crippen LogP contribution in [0, 0.1) is 11.8 Å². The molecule has 25 heavy (non-hydrogen) atoms. The van der Waals surface area contributed by atoms with E-state index in [1.54, 1.807) is 6.07 Å². The number of nitrogens with one attached hydrogen (secondary N) is 1. The van der Waals surface area contributed by atoms with Gasteiger partial charge in [0.1, 0.15) is 17.8 Å². The summed E-state index contributed by atoms with van der Waals surface area (Å²) in [4.78, 5) is 25.4. The monoisotopic (exact) mass is 343 g/mol. The first-order valence-corrected chi connectivity index (χ1v) is 8.80. The van der Waals surface area contributed by atoms with Crippen LogP contribution >= 0.6 is 0 Å². The summed E-state index contributed by atoms with van der Waals surface area (Å²) in [6, 6.07) is 1.57. The van der Waals surface area contributed by atoms with Crippen LogP contribution in [0.3, 0.4) is 0 Å². The van der Waals surface area contributed by atoms with E-state index in [-0.39, 0.29) is 17.9 Å². The molecule has 8 nitrogen and oxygen atoms in total. The molecule has 3 rings (SSSR count). The first kappa shape index (κ1) is 17.3. The normalized spacial score (nSPS) is 15.4. The second-order valence-corrected chi connectivity index (χ2v) is 6.92. The van der Waals surface area contributed by atoms with Crippen LogP contribution < -0.4 is 11.1 Å². The molecule has 1 aliphatic rings. The Labute approximate surface area is 147 Å². The summed E-state index contributed by atoms with van der Waals surface area (Å²) in [5.74, 6) is 1.49. The fraction of sp³-hybridized carbons (Fsp3) is 0.588. The van der Waals surface area contributed by atoms with Crippen molar-refractivity contribution in [2.45, 2.75) is 52.6 Å². The summed E-state index contributed by atoms with van der Waals surface area (Å²) in [5.41, 5.74) is 6.87. The van der Waals surface area contributed by atoms with Crippen LogP contribution in [-0.4, -0.2) is 30.6 Å². The van der Waals surface area contributed by atoms with Crippen molar-refractivity contribution in [3.63, 3.8) is 0 Å². The second-order valence-electron chi connectivity index (χ2n) is 6.92. The van der Waals surface area contributed by atoms with E-state index >= 15 is 0 Å². The van der Waals surface area contributed by atoms with Gasteiger partial charge in [0.2, 0.25) is 5.95 Å². The Morgan fingerprint density at radius 3 is 2.80 bits per heavy atom. The lowest BCUT2D eigenvalue weighted by atomic mass is 10.1. The molecule has 8 heteroatoms. The quantitative estimate of drug-likeness (QED) is 0.792. The number of rotatable bonds is 7. The number of carbonyl (C=O) groups excluding carboxylic acids is 1. The van der Waals surface area contributed by atoms with Crippen molar-refractivity contribution in [2.75, 3.05) is 5.73 Å². The van der Waals surface area contributed by atoms with Gasteiger partial charge in [-0.15, -0.1) is 0 Å². The number of hydrogen-bond donors (Lipinski definition) is 2. The third-order valence-corrected chi connectivity index (χ3v) is 4.25. The van der Waals surface area contributed by atoms with E-state index in [2.05, 4.69) is 39.2 Å². The highest BCUT2D eigenvalue weighted by Gasteiger charge is 2.36. The summed E-state index contributed by atoms with van der Waals surface area (Å²) in [7, 11) is 0. The third-order valence-electron chi connectivity index (χ3n) is 4.25. The zero-order valence-electron chi connectivity index (χ0n) is 14.9. The van der Waals surface area contributed by atoms with Crippen molar-refractivity contribution in [1.29, 1.82) is 0 Å². The van der Waals surface area contributed by atoms with Crippen molar-refractivity contribution < 1.29 is 4.79 Å². The first-order valence-electron chi connectivity index (χ1n) is 8.80. The first-order chi connectivity index (χ1) is 12.0. The van der Waals surface area contributed by atoms with Gasteiger partial charge in [0.25, 0.3) is 5.91 Å². The molecule has 0 radical (unpaired) electrons. The number of aryl methyl sites for hydroxylation is 1. The molecule has 0 bridgehead atoms. The van der Waals surface area contributed by atoms with E-state index in [1.807, 2.05) is 11.6 Å². The average Bonchev–Trinajstić information content (AvgIpc) is 3.28. The minimum Gasteiger partial charge on any atom is -0.368 e. The molecule has 0 saturated heterocycles. The summed E-state index contributed by atoms with van der Waals surface area (Å²) >= 11 is 0. The molecule has 3 N–H and O–H groups in total. The van der Waals surface area contributed by atoms with Gasteiger partial charge in [-0.3, -0.25) is 4.79 Å². The molecule has 1 unspecified atom stereocenters. The van der Waals surface area contributed by atoms with Crippen LogP contribution in [0.15, 0.2) is 12.4 Å². The van der Waals surface area contributed by atoms with Crippen LogP contribution in [0.5, 0.6) is 0 Å². The summed E-state index contributed by atoms with van der Waals surface area (Å²) in [6.45, 7) is 6.91. The van der Waals surface area contributed by atoms with Gasteiger partial charge < -0.3 is 11.1 Å². The Bertz CT molecular complexity index is 751. The molecule has 2 aromatic heterocycles. The maximum Gasteiger partial charge on any atom is 0.270 e. The largest absolute Gasteiger partial charge is 0.368 e. The molecule has 1 aliphatic carbocycles. The number of nitrogens with zero attached hydrogens (tertiary/aromatic N) is 5. The van der Waals surface area contributed by atoms with E-state index in [4.69, 9.17) is 5.73 Å². The van der Waals surface area contributed by atoms with Gasteiger partial charge in [-0.05, 0) is 44.1 Å². The molecule has 2 heterocycles. The number of anilines is 1. The molecule has 2 aromatic rings. The highest BCUT2D eigenvalue weighted by Crippen LogP contribution is 2.40. The molecule has 134 valence electrons. The smallest absolute Gasteiger partial charge is 0.270 e. The molecule has 1 amide bonds. The maximum atomic E-state index is 12.8. The number of carbonyl (C=O) groups is 1. The Hall–Kier alpha value is -2.51. The maximum absolute atomic E-state index is 12.8. The molecule has 1 atom stereocenters. The Morgan fingerprint density at radius 2 is 2.16 bits per heavy atom. The highest BCUT2D eigenvalue weighted by molar-refractivity contribution is 5.92. The second kappa shape index (κ2) is 7.16. The van der Waals surface area contributed by atoms with Crippen molar-refractivity contribution in [3.8, 4) is 0 Å². The van der Waals surface area contributed by atoms with Crippen molar-refractivity contribution in [3.05, 3.63) is 29.6 Å². The van der Waals surface area contributed by atoms with Crippen molar-refractivity contribution >= 4 is 11.9 Å². The summed E-state index contributed by atoms with van der Waals surface area (Å²) < 4.78 is 1.82. The minimum absolute atomic E-state index is 0.128. The molecular formula is C17H25N7O. The van der Waals surface area contributed by atoms with Crippen LogP contribution in [0.2, 0.25) is 0 Å². The summed E-state index contributed by atoms with van der Waals surface area (Å²) in [6.07, 6.45) is 4.44. The molecule has 1 fully saturated rings. The van der Waals surface area contributed by atoms with Gasteiger partial charge in [0, 0.05) is 12.2 Å². The number of nitrogen functional groups attached to an aromatic ring is 1. The zero-order chi connectivity index (χ0) is 18.0. The lowest BCUT2D eigenvalue weighted by Gasteiger charge is -2.18. The highest BCUT2D eigenvalue weighted by atomic mass is 16.2. The van der Waals surface area contributed by atoms with Crippen LogP contribution in [-0.2, 0) is 13.0 Å². The van der Waals surface area contributed by atoms with E-state index in [1.165, 1.54) is 6.33 Å². The van der Waals surface area contributed by atoms with E-state index in [0.717, 1.165) is 30.8 Å². The molecule has 1 saturated carbocycles. The standard InChI is InChI=1S/C17H25N7O/c1-4-24-15(19-9-20-24)14(11-5-6-11)23-16(25)13-8-12(7-10(2)3)21-17(18)22-13/h8-11,14H,4-7H2,1-3H3,(H,23,25)(H2,18,21,22). The fourth-order valence-electron chi connectivity index (χ4n) is 2.95. The van der Waals surface area contributed by atoms with Gasteiger partial charge in [-0.2, -0.15) is 5.10 Å². The van der Waals surface area contributed by atoms with Crippen molar-refractivity contribution in [1.82, 2.24) is 30.0 Å². The van der Waals surface area contributed by atoms with E-state index in [9.17, 15) is 4.79 Å².